The van der Waals surface area contributed by atoms with Gasteiger partial charge in [0.15, 0.2) is 0 Å². The fraction of sp³-hybridized carbons (Fsp3) is 0.172. The van der Waals surface area contributed by atoms with Gasteiger partial charge in [-0.15, -0.1) is 0 Å². The van der Waals surface area contributed by atoms with Crippen molar-refractivity contribution in [2.75, 3.05) is 13.1 Å². The standard InChI is InChI=1S/C29H25N7O/c1-4-22(18-3-2-10-31-15-18)23-14-27(33-25(23)5-1)29-28-26(35-36-29)7-6-24(34-28)19-13-21(17-32-16-19)37-20-8-11-30-12-9-20/h1-7,10,13-17,20,30,33H,8-9,11-12H2,(H,35,36). The second kappa shape index (κ2) is 9.15. The van der Waals surface area contributed by atoms with E-state index in [2.05, 4.69) is 60.8 Å². The van der Waals surface area contributed by atoms with Crippen LogP contribution in [-0.2, 0) is 0 Å². The van der Waals surface area contributed by atoms with Crippen LogP contribution in [0.4, 0.5) is 0 Å². The van der Waals surface area contributed by atoms with Crippen molar-refractivity contribution >= 4 is 21.9 Å². The van der Waals surface area contributed by atoms with E-state index in [1.54, 1.807) is 12.4 Å². The van der Waals surface area contributed by atoms with E-state index < -0.39 is 0 Å². The molecule has 0 amide bonds. The molecular weight excluding hydrogens is 462 g/mol. The van der Waals surface area contributed by atoms with Gasteiger partial charge in [-0.05, 0) is 67.9 Å². The minimum Gasteiger partial charge on any atom is -0.489 e. The second-order valence-corrected chi connectivity index (χ2v) is 9.33. The summed E-state index contributed by atoms with van der Waals surface area (Å²) in [6, 6.07) is 18.4. The maximum Gasteiger partial charge on any atom is 0.138 e. The summed E-state index contributed by atoms with van der Waals surface area (Å²) in [7, 11) is 0. The zero-order chi connectivity index (χ0) is 24.6. The summed E-state index contributed by atoms with van der Waals surface area (Å²) in [5, 5.41) is 12.2. The number of aromatic amines is 2. The van der Waals surface area contributed by atoms with E-state index in [0.29, 0.717) is 0 Å². The first kappa shape index (κ1) is 21.7. The second-order valence-electron chi connectivity index (χ2n) is 9.33. The zero-order valence-corrected chi connectivity index (χ0v) is 20.1. The van der Waals surface area contributed by atoms with Crippen LogP contribution in [0, 0.1) is 0 Å². The monoisotopic (exact) mass is 487 g/mol. The number of hydrogen-bond acceptors (Lipinski definition) is 6. The predicted molar refractivity (Wildman–Crippen MR) is 144 cm³/mol. The van der Waals surface area contributed by atoms with Crippen molar-refractivity contribution in [1.29, 1.82) is 0 Å². The van der Waals surface area contributed by atoms with Gasteiger partial charge in [0, 0.05) is 40.6 Å². The Kier molecular flexibility index (Phi) is 5.36. The number of nitrogens with one attached hydrogen (secondary N) is 3. The molecule has 37 heavy (non-hydrogen) atoms. The first-order chi connectivity index (χ1) is 18.3. The molecule has 1 fully saturated rings. The minimum absolute atomic E-state index is 0.216. The molecular formula is C29H25N7O. The molecule has 3 N–H and O–H groups in total. The van der Waals surface area contributed by atoms with Crippen molar-refractivity contribution in [1.82, 2.24) is 35.5 Å². The van der Waals surface area contributed by atoms with Crippen LogP contribution in [-0.4, -0.2) is 49.3 Å². The van der Waals surface area contributed by atoms with Gasteiger partial charge in [0.25, 0.3) is 0 Å². The van der Waals surface area contributed by atoms with Crippen LogP contribution in [0.1, 0.15) is 12.8 Å². The number of nitrogens with zero attached hydrogens (tertiary/aromatic N) is 4. The smallest absolute Gasteiger partial charge is 0.138 e. The van der Waals surface area contributed by atoms with Gasteiger partial charge in [0.05, 0.1) is 23.1 Å². The Bertz CT molecular complexity index is 1700. The average molecular weight is 488 g/mol. The third-order valence-corrected chi connectivity index (χ3v) is 6.90. The third kappa shape index (κ3) is 4.11. The number of benzene rings is 1. The quantitative estimate of drug-likeness (QED) is 0.302. The lowest BCUT2D eigenvalue weighted by molar-refractivity contribution is 0.162. The number of H-pyrrole nitrogens is 2. The summed E-state index contributed by atoms with van der Waals surface area (Å²) < 4.78 is 6.21. The van der Waals surface area contributed by atoms with Gasteiger partial charge in [-0.1, -0.05) is 18.2 Å². The molecule has 0 aliphatic carbocycles. The van der Waals surface area contributed by atoms with E-state index in [-0.39, 0.29) is 6.10 Å². The third-order valence-electron chi connectivity index (χ3n) is 6.90. The molecule has 0 radical (unpaired) electrons. The van der Waals surface area contributed by atoms with Gasteiger partial charge in [0.2, 0.25) is 0 Å². The molecule has 6 heterocycles. The normalized spacial score (nSPS) is 14.4. The van der Waals surface area contributed by atoms with Gasteiger partial charge in [-0.2, -0.15) is 5.10 Å². The van der Waals surface area contributed by atoms with Crippen molar-refractivity contribution in [2.45, 2.75) is 18.9 Å². The van der Waals surface area contributed by atoms with Crippen LogP contribution in [0.25, 0.3) is 55.7 Å². The number of pyridine rings is 3. The Hall–Kier alpha value is -4.56. The maximum atomic E-state index is 6.21. The van der Waals surface area contributed by atoms with Gasteiger partial charge in [-0.3, -0.25) is 15.1 Å². The summed E-state index contributed by atoms with van der Waals surface area (Å²) in [6.07, 6.45) is 9.49. The van der Waals surface area contributed by atoms with Crippen molar-refractivity contribution in [3.63, 3.8) is 0 Å². The molecule has 7 rings (SSSR count). The number of ether oxygens (including phenoxy) is 1. The van der Waals surface area contributed by atoms with Crippen molar-refractivity contribution in [3.05, 3.63) is 79.4 Å². The summed E-state index contributed by atoms with van der Waals surface area (Å²) in [5.41, 5.74) is 8.33. The lowest BCUT2D eigenvalue weighted by Gasteiger charge is -2.23. The average Bonchev–Trinajstić information content (AvgIpc) is 3.58. The summed E-state index contributed by atoms with van der Waals surface area (Å²) in [5.74, 6) is 0.775. The molecule has 182 valence electrons. The molecule has 6 aromatic rings. The number of rotatable bonds is 5. The molecule has 1 saturated heterocycles. The lowest BCUT2D eigenvalue weighted by atomic mass is 10.0. The number of aromatic nitrogens is 6. The van der Waals surface area contributed by atoms with Crippen LogP contribution in [0.5, 0.6) is 5.75 Å². The van der Waals surface area contributed by atoms with Crippen LogP contribution >= 0.6 is 0 Å². The highest BCUT2D eigenvalue weighted by Crippen LogP contribution is 2.34. The fourth-order valence-corrected chi connectivity index (χ4v) is 5.03. The highest BCUT2D eigenvalue weighted by Gasteiger charge is 2.17. The molecule has 0 saturated carbocycles. The van der Waals surface area contributed by atoms with Gasteiger partial charge in [-0.25, -0.2) is 4.98 Å². The molecule has 5 aromatic heterocycles. The topological polar surface area (TPSA) is 104 Å². The molecule has 1 aliphatic heterocycles. The lowest BCUT2D eigenvalue weighted by Crippen LogP contribution is -2.34. The molecule has 1 aliphatic rings. The molecule has 1 aromatic carbocycles. The first-order valence-electron chi connectivity index (χ1n) is 12.5. The number of fused-ring (bicyclic) bond motifs is 2. The predicted octanol–water partition coefficient (Wildman–Crippen LogP) is 5.36. The van der Waals surface area contributed by atoms with E-state index >= 15 is 0 Å². The van der Waals surface area contributed by atoms with Crippen LogP contribution in [0.15, 0.2) is 79.4 Å². The van der Waals surface area contributed by atoms with Crippen LogP contribution < -0.4 is 10.1 Å². The Morgan fingerprint density at radius 1 is 0.838 bits per heavy atom. The van der Waals surface area contributed by atoms with E-state index in [0.717, 1.165) is 87.4 Å². The van der Waals surface area contributed by atoms with Gasteiger partial charge >= 0.3 is 0 Å². The summed E-state index contributed by atoms with van der Waals surface area (Å²) in [6.45, 7) is 1.97. The van der Waals surface area contributed by atoms with Gasteiger partial charge in [0.1, 0.15) is 23.1 Å². The van der Waals surface area contributed by atoms with Gasteiger partial charge < -0.3 is 15.0 Å². The number of hydrogen-bond donors (Lipinski definition) is 3. The molecule has 0 spiro atoms. The zero-order valence-electron chi connectivity index (χ0n) is 20.1. The van der Waals surface area contributed by atoms with E-state index in [1.165, 1.54) is 0 Å². The summed E-state index contributed by atoms with van der Waals surface area (Å²) in [4.78, 5) is 17.2. The van der Waals surface area contributed by atoms with E-state index in [4.69, 9.17) is 9.72 Å². The maximum absolute atomic E-state index is 6.21. The Morgan fingerprint density at radius 2 is 1.76 bits per heavy atom. The highest BCUT2D eigenvalue weighted by molar-refractivity contribution is 6.00. The van der Waals surface area contributed by atoms with Crippen LogP contribution in [0.3, 0.4) is 0 Å². The molecule has 0 bridgehead atoms. The Labute approximate surface area is 213 Å². The highest BCUT2D eigenvalue weighted by atomic mass is 16.5. The Balaban J connectivity index is 1.26. The molecule has 8 nitrogen and oxygen atoms in total. The fourth-order valence-electron chi connectivity index (χ4n) is 5.03. The van der Waals surface area contributed by atoms with Crippen LogP contribution in [0.2, 0.25) is 0 Å². The van der Waals surface area contributed by atoms with E-state index in [9.17, 15) is 0 Å². The number of piperidine rings is 1. The molecule has 8 heteroatoms. The Morgan fingerprint density at radius 3 is 2.65 bits per heavy atom. The minimum atomic E-state index is 0.216. The molecule has 0 unspecified atom stereocenters. The first-order valence-corrected chi connectivity index (χ1v) is 12.5. The van der Waals surface area contributed by atoms with E-state index in [1.807, 2.05) is 36.7 Å². The van der Waals surface area contributed by atoms with Crippen molar-refractivity contribution < 1.29 is 4.74 Å². The largest absolute Gasteiger partial charge is 0.489 e. The summed E-state index contributed by atoms with van der Waals surface area (Å²) >= 11 is 0. The van der Waals surface area contributed by atoms with Crippen molar-refractivity contribution in [3.8, 4) is 39.5 Å². The van der Waals surface area contributed by atoms with Crippen molar-refractivity contribution in [2.24, 2.45) is 0 Å². The molecule has 0 atom stereocenters. The SMILES string of the molecule is c1cncc(-c2cccc3[nH]c(-c4n[nH]c5ccc(-c6cncc(OC7CCNCC7)c6)nc45)cc23)c1.